The maximum atomic E-state index is 13.0. The molecule has 25 heavy (non-hydrogen) atoms. The van der Waals surface area contributed by atoms with E-state index in [-0.39, 0.29) is 9.64 Å². The first-order valence-corrected chi connectivity index (χ1v) is 10.4. The second-order valence-corrected chi connectivity index (χ2v) is 9.30. The number of halogens is 1. The summed E-state index contributed by atoms with van der Waals surface area (Å²) in [5.41, 5.74) is 0. The van der Waals surface area contributed by atoms with E-state index in [1.807, 2.05) is 30.3 Å². The maximum Gasteiger partial charge on any atom is 0.240 e. The Bertz CT molecular complexity index is 789. The summed E-state index contributed by atoms with van der Waals surface area (Å²) < 4.78 is 45.9. The summed E-state index contributed by atoms with van der Waals surface area (Å²) in [6.45, 7) is 1.52. The van der Waals surface area contributed by atoms with Crippen LogP contribution in [0.25, 0.3) is 0 Å². The second-order valence-electron chi connectivity index (χ2n) is 5.99. The third-order valence-electron chi connectivity index (χ3n) is 4.19. The van der Waals surface area contributed by atoms with Crippen LogP contribution in [0.1, 0.15) is 12.8 Å². The van der Waals surface area contributed by atoms with Crippen LogP contribution in [0.3, 0.4) is 0 Å². The van der Waals surface area contributed by atoms with Crippen LogP contribution in [0, 0.1) is 5.82 Å². The van der Waals surface area contributed by atoms with Crippen molar-refractivity contribution in [2.24, 2.45) is 0 Å². The molecule has 0 aliphatic carbocycles. The monoisotopic (exact) mass is 381 g/mol. The standard InChI is InChI=1S/C18H20FNO3S2/c19-15-6-8-17(9-7-15)25(21,22)20-14-18(10-12-23-13-11-18)24-16-4-2-1-3-5-16/h1-9,20H,10-14H2. The largest absolute Gasteiger partial charge is 0.381 e. The minimum Gasteiger partial charge on any atom is -0.381 e. The smallest absolute Gasteiger partial charge is 0.240 e. The molecule has 0 amide bonds. The normalized spacial score (nSPS) is 17.3. The SMILES string of the molecule is O=S(=O)(NCC1(Sc2ccccc2)CCOCC1)c1ccc(F)cc1. The molecule has 4 nitrogen and oxygen atoms in total. The third-order valence-corrected chi connectivity index (χ3v) is 7.10. The molecule has 0 saturated carbocycles. The van der Waals surface area contributed by atoms with Gasteiger partial charge in [0, 0.05) is 29.4 Å². The van der Waals surface area contributed by atoms with Crippen LogP contribution in [0.15, 0.2) is 64.4 Å². The lowest BCUT2D eigenvalue weighted by molar-refractivity contribution is 0.0784. The van der Waals surface area contributed by atoms with E-state index in [1.165, 1.54) is 12.1 Å². The van der Waals surface area contributed by atoms with E-state index >= 15 is 0 Å². The fourth-order valence-corrected chi connectivity index (χ4v) is 5.25. The Morgan fingerprint density at radius 3 is 2.32 bits per heavy atom. The van der Waals surface area contributed by atoms with Crippen molar-refractivity contribution < 1.29 is 17.5 Å². The summed E-state index contributed by atoms with van der Waals surface area (Å²) in [4.78, 5) is 1.17. The van der Waals surface area contributed by atoms with Gasteiger partial charge in [0.05, 0.1) is 4.90 Å². The van der Waals surface area contributed by atoms with E-state index < -0.39 is 15.8 Å². The molecular weight excluding hydrogens is 361 g/mol. The van der Waals surface area contributed by atoms with Crippen molar-refractivity contribution >= 4 is 21.8 Å². The summed E-state index contributed by atoms with van der Waals surface area (Å²) in [6.07, 6.45) is 1.52. The highest BCUT2D eigenvalue weighted by Crippen LogP contribution is 2.40. The summed E-state index contributed by atoms with van der Waals surface area (Å²) in [6, 6.07) is 14.8. The molecule has 1 aliphatic heterocycles. The minimum atomic E-state index is -3.68. The molecule has 0 aromatic heterocycles. The third kappa shape index (κ3) is 4.82. The van der Waals surface area contributed by atoms with Crippen molar-refractivity contribution in [2.45, 2.75) is 27.4 Å². The second kappa shape index (κ2) is 7.86. The van der Waals surface area contributed by atoms with Gasteiger partial charge in [-0.2, -0.15) is 0 Å². The molecule has 1 N–H and O–H groups in total. The van der Waals surface area contributed by atoms with Gasteiger partial charge in [-0.25, -0.2) is 17.5 Å². The maximum absolute atomic E-state index is 13.0. The fourth-order valence-electron chi connectivity index (χ4n) is 2.72. The zero-order chi connectivity index (χ0) is 17.8. The summed E-state index contributed by atoms with van der Waals surface area (Å²) in [7, 11) is -3.68. The van der Waals surface area contributed by atoms with E-state index in [9.17, 15) is 12.8 Å². The number of hydrogen-bond donors (Lipinski definition) is 1. The lowest BCUT2D eigenvalue weighted by Gasteiger charge is -2.36. The highest BCUT2D eigenvalue weighted by molar-refractivity contribution is 8.00. The fraction of sp³-hybridized carbons (Fsp3) is 0.333. The van der Waals surface area contributed by atoms with E-state index in [4.69, 9.17) is 4.74 Å². The Hall–Kier alpha value is -1.41. The number of sulfonamides is 1. The molecule has 3 rings (SSSR count). The van der Waals surface area contributed by atoms with Gasteiger partial charge in [-0.05, 0) is 49.2 Å². The van der Waals surface area contributed by atoms with Crippen molar-refractivity contribution in [3.8, 4) is 0 Å². The molecule has 134 valence electrons. The Morgan fingerprint density at radius 1 is 1.04 bits per heavy atom. The van der Waals surface area contributed by atoms with E-state index in [0.717, 1.165) is 29.9 Å². The van der Waals surface area contributed by atoms with Gasteiger partial charge >= 0.3 is 0 Å². The van der Waals surface area contributed by atoms with Crippen LogP contribution >= 0.6 is 11.8 Å². The molecule has 0 spiro atoms. The minimum absolute atomic E-state index is 0.0702. The van der Waals surface area contributed by atoms with Crippen LogP contribution in [0.2, 0.25) is 0 Å². The van der Waals surface area contributed by atoms with Crippen molar-refractivity contribution in [1.82, 2.24) is 4.72 Å². The topological polar surface area (TPSA) is 55.4 Å². The quantitative estimate of drug-likeness (QED) is 0.833. The zero-order valence-corrected chi connectivity index (χ0v) is 15.3. The molecule has 0 bridgehead atoms. The molecule has 1 saturated heterocycles. The molecule has 1 fully saturated rings. The lowest BCUT2D eigenvalue weighted by atomic mass is 9.99. The zero-order valence-electron chi connectivity index (χ0n) is 13.7. The van der Waals surface area contributed by atoms with E-state index in [0.29, 0.717) is 19.8 Å². The van der Waals surface area contributed by atoms with Gasteiger partial charge in [0.1, 0.15) is 5.82 Å². The predicted octanol–water partition coefficient (Wildman–Crippen LogP) is 3.45. The van der Waals surface area contributed by atoms with Gasteiger partial charge < -0.3 is 4.74 Å². The Morgan fingerprint density at radius 2 is 1.68 bits per heavy atom. The van der Waals surface area contributed by atoms with Crippen LogP contribution in [-0.4, -0.2) is 32.9 Å². The number of benzene rings is 2. The highest BCUT2D eigenvalue weighted by atomic mass is 32.2. The molecule has 2 aromatic carbocycles. The van der Waals surface area contributed by atoms with Gasteiger partial charge in [-0.3, -0.25) is 0 Å². The van der Waals surface area contributed by atoms with Crippen LogP contribution in [0.5, 0.6) is 0 Å². The summed E-state index contributed by atoms with van der Waals surface area (Å²) in [5.74, 6) is -0.459. The van der Waals surface area contributed by atoms with Crippen LogP contribution in [-0.2, 0) is 14.8 Å². The Labute approximate surface area is 151 Å². The summed E-state index contributed by atoms with van der Waals surface area (Å²) >= 11 is 1.68. The Balaban J connectivity index is 1.75. The number of rotatable bonds is 6. The van der Waals surface area contributed by atoms with Gasteiger partial charge in [-0.1, -0.05) is 18.2 Å². The van der Waals surface area contributed by atoms with Gasteiger partial charge in [0.25, 0.3) is 0 Å². The highest BCUT2D eigenvalue weighted by Gasteiger charge is 2.35. The lowest BCUT2D eigenvalue weighted by Crippen LogP contribution is -2.44. The average molecular weight is 381 g/mol. The summed E-state index contributed by atoms with van der Waals surface area (Å²) in [5, 5.41) is 0. The number of ether oxygens (including phenoxy) is 1. The van der Waals surface area contributed by atoms with Gasteiger partial charge in [0.2, 0.25) is 10.0 Å². The molecule has 0 unspecified atom stereocenters. The number of thioether (sulfide) groups is 1. The van der Waals surface area contributed by atoms with Crippen LogP contribution in [0.4, 0.5) is 4.39 Å². The van der Waals surface area contributed by atoms with Crippen molar-refractivity contribution in [3.05, 3.63) is 60.4 Å². The first-order valence-electron chi connectivity index (χ1n) is 8.06. The van der Waals surface area contributed by atoms with Crippen LogP contribution < -0.4 is 4.72 Å². The molecule has 0 atom stereocenters. The molecular formula is C18H20FNO3S2. The molecule has 1 aliphatic rings. The van der Waals surface area contributed by atoms with Crippen molar-refractivity contribution in [1.29, 1.82) is 0 Å². The average Bonchev–Trinajstić information content (AvgIpc) is 2.62. The Kier molecular flexibility index (Phi) is 5.78. The first kappa shape index (κ1) is 18.4. The number of hydrogen-bond acceptors (Lipinski definition) is 4. The predicted molar refractivity (Wildman–Crippen MR) is 96.7 cm³/mol. The van der Waals surface area contributed by atoms with E-state index in [2.05, 4.69) is 4.72 Å². The molecule has 0 radical (unpaired) electrons. The molecule has 2 aromatic rings. The van der Waals surface area contributed by atoms with E-state index in [1.54, 1.807) is 11.8 Å². The van der Waals surface area contributed by atoms with Gasteiger partial charge in [-0.15, -0.1) is 11.8 Å². The molecule has 7 heteroatoms. The van der Waals surface area contributed by atoms with Crippen molar-refractivity contribution in [3.63, 3.8) is 0 Å². The van der Waals surface area contributed by atoms with Crippen molar-refractivity contribution in [2.75, 3.05) is 19.8 Å². The molecule has 1 heterocycles. The van der Waals surface area contributed by atoms with Gasteiger partial charge in [0.15, 0.2) is 0 Å². The first-order chi connectivity index (χ1) is 12.0. The number of nitrogens with one attached hydrogen (secondary N) is 1.